The highest BCUT2D eigenvalue weighted by atomic mass is 32.1. The van der Waals surface area contributed by atoms with Gasteiger partial charge in [-0.25, -0.2) is 0 Å². The lowest BCUT2D eigenvalue weighted by molar-refractivity contribution is -0.389. The molecule has 0 saturated heterocycles. The zero-order chi connectivity index (χ0) is 12.4. The molecule has 92 valence electrons. The first-order chi connectivity index (χ1) is 8.09. The van der Waals surface area contributed by atoms with Gasteiger partial charge in [-0.05, 0) is 19.0 Å². The normalized spacial score (nSPS) is 11.2. The molecular weight excluding hydrogens is 242 g/mol. The summed E-state index contributed by atoms with van der Waals surface area (Å²) in [7, 11) is 3.89. The van der Waals surface area contributed by atoms with Gasteiger partial charge in [0.25, 0.3) is 4.96 Å². The molecule has 2 heterocycles. The molecule has 0 radical (unpaired) electrons. The van der Waals surface area contributed by atoms with E-state index in [1.165, 1.54) is 15.7 Å². The Labute approximate surface area is 102 Å². The minimum absolute atomic E-state index is 0.00000567. The second-order valence-electron chi connectivity index (χ2n) is 3.83. The molecule has 8 heteroatoms. The third-order valence-corrected chi connectivity index (χ3v) is 3.02. The molecule has 0 amide bonds. The number of hydrogen-bond donors (Lipinski definition) is 1. The van der Waals surface area contributed by atoms with Gasteiger partial charge in [-0.15, -0.1) is 0 Å². The molecule has 2 aromatic heterocycles. The largest absolute Gasteiger partial charge is 0.372 e. The van der Waals surface area contributed by atoms with E-state index in [1.54, 1.807) is 11.6 Å². The summed E-state index contributed by atoms with van der Waals surface area (Å²) in [4.78, 5) is 17.4. The number of hydrogen-bond acceptors (Lipinski definition) is 6. The van der Waals surface area contributed by atoms with E-state index in [1.807, 2.05) is 19.0 Å². The standard InChI is InChI=1S/C9H13N5O2S/c1-12(2)4-3-10-7-8(14(15)16)13-5-6-17-9(13)11-7/h5-6,10H,3-4H2,1-2H3. The molecule has 0 aromatic carbocycles. The van der Waals surface area contributed by atoms with Crippen molar-refractivity contribution in [3.63, 3.8) is 0 Å². The Morgan fingerprint density at radius 2 is 2.41 bits per heavy atom. The van der Waals surface area contributed by atoms with Crippen LogP contribution in [-0.2, 0) is 0 Å². The van der Waals surface area contributed by atoms with E-state index in [0.29, 0.717) is 17.3 Å². The summed E-state index contributed by atoms with van der Waals surface area (Å²) in [5, 5.41) is 15.8. The van der Waals surface area contributed by atoms with Gasteiger partial charge in [-0.3, -0.25) is 0 Å². The Morgan fingerprint density at radius 3 is 3.06 bits per heavy atom. The van der Waals surface area contributed by atoms with E-state index in [2.05, 4.69) is 10.3 Å². The molecule has 17 heavy (non-hydrogen) atoms. The lowest BCUT2D eigenvalue weighted by atomic mass is 10.5. The molecule has 0 bridgehead atoms. The minimum Gasteiger partial charge on any atom is -0.362 e. The monoisotopic (exact) mass is 255 g/mol. The van der Waals surface area contributed by atoms with E-state index in [-0.39, 0.29) is 5.82 Å². The molecule has 0 spiro atoms. The molecule has 0 aliphatic heterocycles. The molecule has 0 fully saturated rings. The Kier molecular flexibility index (Phi) is 3.25. The number of aromatic nitrogens is 2. The van der Waals surface area contributed by atoms with Gasteiger partial charge in [0.15, 0.2) is 0 Å². The lowest BCUT2D eigenvalue weighted by Crippen LogP contribution is -2.21. The van der Waals surface area contributed by atoms with Crippen molar-refractivity contribution in [3.8, 4) is 0 Å². The topological polar surface area (TPSA) is 75.7 Å². The number of likely N-dealkylation sites (N-methyl/N-ethyl adjacent to an activating group) is 1. The first-order valence-electron chi connectivity index (χ1n) is 5.08. The third-order valence-electron chi connectivity index (χ3n) is 2.26. The smallest absolute Gasteiger partial charge is 0.362 e. The lowest BCUT2D eigenvalue weighted by Gasteiger charge is -2.09. The van der Waals surface area contributed by atoms with Crippen molar-refractivity contribution < 1.29 is 4.92 Å². The van der Waals surface area contributed by atoms with Gasteiger partial charge in [0.05, 0.1) is 0 Å². The fraction of sp³-hybridized carbons (Fsp3) is 0.444. The predicted molar refractivity (Wildman–Crippen MR) is 66.8 cm³/mol. The summed E-state index contributed by atoms with van der Waals surface area (Å²) in [6.07, 6.45) is 1.66. The number of thiazole rings is 1. The molecule has 1 N–H and O–H groups in total. The number of nitrogens with zero attached hydrogens (tertiary/aromatic N) is 4. The van der Waals surface area contributed by atoms with Crippen LogP contribution in [0.3, 0.4) is 0 Å². The van der Waals surface area contributed by atoms with Gasteiger partial charge in [0, 0.05) is 18.5 Å². The molecule has 7 nitrogen and oxygen atoms in total. The van der Waals surface area contributed by atoms with Crippen LogP contribution in [0, 0.1) is 10.1 Å². The molecule has 0 atom stereocenters. The van der Waals surface area contributed by atoms with Gasteiger partial charge < -0.3 is 20.3 Å². The van der Waals surface area contributed by atoms with Crippen molar-refractivity contribution in [1.29, 1.82) is 0 Å². The summed E-state index contributed by atoms with van der Waals surface area (Å²) in [5.74, 6) is 0.337. The SMILES string of the molecule is CN(C)CCNc1nc2sccn2c1[N+](=O)[O-]. The van der Waals surface area contributed by atoms with Crippen LogP contribution in [0.1, 0.15) is 0 Å². The van der Waals surface area contributed by atoms with Gasteiger partial charge in [0.1, 0.15) is 6.20 Å². The van der Waals surface area contributed by atoms with Crippen LogP contribution in [0.15, 0.2) is 11.6 Å². The summed E-state index contributed by atoms with van der Waals surface area (Å²) < 4.78 is 1.49. The highest BCUT2D eigenvalue weighted by molar-refractivity contribution is 7.15. The zero-order valence-corrected chi connectivity index (χ0v) is 10.4. The molecule has 0 aliphatic carbocycles. The fourth-order valence-electron chi connectivity index (χ4n) is 1.46. The quantitative estimate of drug-likeness (QED) is 0.643. The zero-order valence-electron chi connectivity index (χ0n) is 9.58. The van der Waals surface area contributed by atoms with Crippen LogP contribution >= 0.6 is 11.3 Å². The molecule has 0 saturated carbocycles. The van der Waals surface area contributed by atoms with Crippen molar-refractivity contribution in [2.45, 2.75) is 0 Å². The summed E-state index contributed by atoms with van der Waals surface area (Å²) in [5.41, 5.74) is 0. The van der Waals surface area contributed by atoms with Gasteiger partial charge in [-0.1, -0.05) is 11.3 Å². The summed E-state index contributed by atoms with van der Waals surface area (Å²) >= 11 is 1.38. The highest BCUT2D eigenvalue weighted by Crippen LogP contribution is 2.27. The van der Waals surface area contributed by atoms with Crippen LogP contribution in [-0.4, -0.2) is 46.4 Å². The van der Waals surface area contributed by atoms with Gasteiger partial charge in [0.2, 0.25) is 5.82 Å². The van der Waals surface area contributed by atoms with Crippen LogP contribution < -0.4 is 5.32 Å². The van der Waals surface area contributed by atoms with Gasteiger partial charge >= 0.3 is 5.82 Å². The van der Waals surface area contributed by atoms with E-state index in [9.17, 15) is 10.1 Å². The number of nitrogens with one attached hydrogen (secondary N) is 1. The third kappa shape index (κ3) is 2.37. The van der Waals surface area contributed by atoms with E-state index >= 15 is 0 Å². The van der Waals surface area contributed by atoms with Crippen LogP contribution in [0.4, 0.5) is 11.6 Å². The first kappa shape index (κ1) is 11.8. The second kappa shape index (κ2) is 4.68. The van der Waals surface area contributed by atoms with E-state index in [4.69, 9.17) is 0 Å². The van der Waals surface area contributed by atoms with Crippen molar-refractivity contribution >= 4 is 27.9 Å². The highest BCUT2D eigenvalue weighted by Gasteiger charge is 2.22. The number of imidazole rings is 1. The maximum atomic E-state index is 11.0. The molecule has 2 rings (SSSR count). The van der Waals surface area contributed by atoms with Crippen LogP contribution in [0.25, 0.3) is 4.96 Å². The van der Waals surface area contributed by atoms with Crippen molar-refractivity contribution in [2.75, 3.05) is 32.5 Å². The maximum Gasteiger partial charge on any atom is 0.372 e. The molecule has 0 unspecified atom stereocenters. The van der Waals surface area contributed by atoms with Crippen LogP contribution in [0.5, 0.6) is 0 Å². The average molecular weight is 255 g/mol. The second-order valence-corrected chi connectivity index (χ2v) is 4.70. The van der Waals surface area contributed by atoms with E-state index in [0.717, 1.165) is 6.54 Å². The Balaban J connectivity index is 2.23. The Hall–Kier alpha value is -1.67. The van der Waals surface area contributed by atoms with E-state index < -0.39 is 4.92 Å². The maximum absolute atomic E-state index is 11.0. The number of anilines is 1. The molecule has 2 aromatic rings. The van der Waals surface area contributed by atoms with Gasteiger partial charge in [-0.2, -0.15) is 9.38 Å². The summed E-state index contributed by atoms with van der Waals surface area (Å²) in [6, 6.07) is 0. The Bertz CT molecular complexity index is 532. The first-order valence-corrected chi connectivity index (χ1v) is 5.96. The Morgan fingerprint density at radius 1 is 1.65 bits per heavy atom. The predicted octanol–water partition coefficient (Wildman–Crippen LogP) is 1.28. The fourth-order valence-corrected chi connectivity index (χ4v) is 2.17. The minimum atomic E-state index is -0.412. The van der Waals surface area contributed by atoms with Crippen molar-refractivity contribution in [3.05, 3.63) is 21.7 Å². The number of rotatable bonds is 5. The number of nitro groups is 1. The van der Waals surface area contributed by atoms with Crippen LogP contribution in [0.2, 0.25) is 0 Å². The summed E-state index contributed by atoms with van der Waals surface area (Å²) in [6.45, 7) is 1.42. The number of fused-ring (bicyclic) bond motifs is 1. The van der Waals surface area contributed by atoms with Crippen molar-refractivity contribution in [2.24, 2.45) is 0 Å². The van der Waals surface area contributed by atoms with Crippen molar-refractivity contribution in [1.82, 2.24) is 14.3 Å². The molecular formula is C9H13N5O2S. The average Bonchev–Trinajstić information content (AvgIpc) is 2.75. The molecule has 0 aliphatic rings.